The van der Waals surface area contributed by atoms with Crippen molar-refractivity contribution in [2.45, 2.75) is 57.2 Å². The Morgan fingerprint density at radius 1 is 1.10 bits per heavy atom. The molecule has 3 aromatic rings. The predicted octanol–water partition coefficient (Wildman–Crippen LogP) is 6.61. The Morgan fingerprint density at radius 2 is 1.95 bits per heavy atom. The summed E-state index contributed by atoms with van der Waals surface area (Å²) in [7, 11) is 1.31. The summed E-state index contributed by atoms with van der Waals surface area (Å²) >= 11 is 0. The fourth-order valence-electron chi connectivity index (χ4n) is 5.76. The molecule has 5 rings (SSSR count). The van der Waals surface area contributed by atoms with Crippen LogP contribution in [0.15, 0.2) is 47.3 Å². The van der Waals surface area contributed by atoms with Gasteiger partial charge in [0.15, 0.2) is 11.5 Å². The molecule has 2 fully saturated rings. The fraction of sp³-hybridized carbons (Fsp3) is 0.500. The van der Waals surface area contributed by atoms with Crippen LogP contribution in [-0.4, -0.2) is 47.3 Å². The smallest absolute Gasteiger partial charge is 0.434 e. The predicted molar refractivity (Wildman–Crippen MR) is 144 cm³/mol. The summed E-state index contributed by atoms with van der Waals surface area (Å²) < 4.78 is 49.3. The number of hydrogen-bond donors (Lipinski definition) is 2. The van der Waals surface area contributed by atoms with E-state index < -0.39 is 18.0 Å². The lowest BCUT2D eigenvalue weighted by Gasteiger charge is -2.38. The molecule has 2 aromatic heterocycles. The molecule has 0 bridgehead atoms. The number of nitrogens with zero attached hydrogens (tertiary/aromatic N) is 4. The van der Waals surface area contributed by atoms with Crippen LogP contribution in [0, 0.1) is 11.8 Å². The minimum Gasteiger partial charge on any atom is -0.453 e. The lowest BCUT2D eigenvalue weighted by atomic mass is 9.77. The van der Waals surface area contributed by atoms with Gasteiger partial charge in [-0.25, -0.2) is 19.7 Å². The second kappa shape index (κ2) is 12.1. The van der Waals surface area contributed by atoms with Crippen LogP contribution in [0.25, 0.3) is 11.3 Å². The van der Waals surface area contributed by atoms with Gasteiger partial charge in [0.2, 0.25) is 0 Å². The van der Waals surface area contributed by atoms with Crippen LogP contribution >= 0.6 is 0 Å². The highest BCUT2D eigenvalue weighted by Crippen LogP contribution is 2.36. The number of piperidine rings is 1. The molecular formula is C28H33F3N6O3. The molecule has 3 heterocycles. The number of oxazole rings is 1. The van der Waals surface area contributed by atoms with Crippen LogP contribution in [0.3, 0.4) is 0 Å². The largest absolute Gasteiger partial charge is 0.453 e. The second-order valence-electron chi connectivity index (χ2n) is 10.5. The molecule has 2 aliphatic rings. The number of rotatable bonds is 7. The Hall–Kier alpha value is -3.83. The summed E-state index contributed by atoms with van der Waals surface area (Å²) in [6.45, 7) is 1.51. The van der Waals surface area contributed by atoms with Crippen LogP contribution in [0.1, 0.15) is 50.6 Å². The van der Waals surface area contributed by atoms with E-state index in [-0.39, 0.29) is 6.04 Å². The van der Waals surface area contributed by atoms with Crippen molar-refractivity contribution >= 4 is 23.6 Å². The van der Waals surface area contributed by atoms with Crippen molar-refractivity contribution in [1.29, 1.82) is 0 Å². The van der Waals surface area contributed by atoms with E-state index >= 15 is 0 Å². The van der Waals surface area contributed by atoms with E-state index in [2.05, 4.69) is 35.2 Å². The molecule has 1 saturated heterocycles. The molecule has 1 aliphatic heterocycles. The third kappa shape index (κ3) is 6.83. The Balaban J connectivity index is 1.20. The molecule has 12 heteroatoms. The number of anilines is 3. The lowest BCUT2D eigenvalue weighted by molar-refractivity contribution is -0.141. The molecule has 0 spiro atoms. The highest BCUT2D eigenvalue weighted by atomic mass is 19.4. The standard InChI is InChI=1S/C28H33F3N6O3/c1-39-27(38)35-21-9-4-8-20(13-21)23-14-34-26(40-23)36-22-10-3-2-7-19(22)12-18-6-5-11-37(17-18)25-16-32-24(15-33-25)28(29,30)31/h4,8-9,13-16,18-19,22H,2-3,5-7,10-12,17H2,1H3,(H,34,36)(H,35,38)/t18-,19+,22-/m1/s1. The number of alkyl halides is 3. The van der Waals surface area contributed by atoms with E-state index in [9.17, 15) is 18.0 Å². The van der Waals surface area contributed by atoms with Crippen LogP contribution in [-0.2, 0) is 10.9 Å². The van der Waals surface area contributed by atoms with Gasteiger partial charge < -0.3 is 19.4 Å². The van der Waals surface area contributed by atoms with Crippen LogP contribution < -0.4 is 15.5 Å². The number of benzene rings is 1. The van der Waals surface area contributed by atoms with Crippen molar-refractivity contribution in [2.75, 3.05) is 35.7 Å². The summed E-state index contributed by atoms with van der Waals surface area (Å²) in [5.41, 5.74) is 0.399. The fourth-order valence-corrected chi connectivity index (χ4v) is 5.76. The zero-order valence-corrected chi connectivity index (χ0v) is 22.3. The third-order valence-electron chi connectivity index (χ3n) is 7.71. The molecule has 1 aliphatic carbocycles. The van der Waals surface area contributed by atoms with Gasteiger partial charge in [0.25, 0.3) is 6.01 Å². The number of ether oxygens (including phenoxy) is 1. The Morgan fingerprint density at radius 3 is 2.73 bits per heavy atom. The quantitative estimate of drug-likeness (QED) is 0.334. The van der Waals surface area contributed by atoms with Crippen LogP contribution in [0.4, 0.5) is 35.5 Å². The second-order valence-corrected chi connectivity index (χ2v) is 10.5. The van der Waals surface area contributed by atoms with Gasteiger partial charge in [-0.3, -0.25) is 5.32 Å². The highest BCUT2D eigenvalue weighted by molar-refractivity contribution is 5.85. The molecule has 2 N–H and O–H groups in total. The van der Waals surface area contributed by atoms with Gasteiger partial charge in [0.1, 0.15) is 5.82 Å². The summed E-state index contributed by atoms with van der Waals surface area (Å²) in [4.78, 5) is 25.7. The van der Waals surface area contributed by atoms with E-state index in [4.69, 9.17) is 4.42 Å². The molecular weight excluding hydrogens is 525 g/mol. The van der Waals surface area contributed by atoms with Crippen LogP contribution in [0.5, 0.6) is 0 Å². The van der Waals surface area contributed by atoms with Gasteiger partial charge in [-0.2, -0.15) is 13.2 Å². The first kappa shape index (κ1) is 27.7. The number of carbonyl (C=O) groups excluding carboxylic acids is 1. The van der Waals surface area contributed by atoms with Crippen molar-refractivity contribution < 1.29 is 27.1 Å². The summed E-state index contributed by atoms with van der Waals surface area (Å²) in [6, 6.07) is 7.93. The molecule has 214 valence electrons. The summed E-state index contributed by atoms with van der Waals surface area (Å²) in [5, 5.41) is 6.17. The zero-order valence-electron chi connectivity index (χ0n) is 22.3. The maximum atomic E-state index is 12.9. The number of carbonyl (C=O) groups is 1. The first-order chi connectivity index (χ1) is 19.3. The minimum atomic E-state index is -4.49. The number of halogens is 3. The van der Waals surface area contributed by atoms with Crippen LogP contribution in [0.2, 0.25) is 0 Å². The SMILES string of the molecule is COC(=O)Nc1cccc(-c2cnc(N[C@@H]3CCCC[C@H]3C[C@H]3CCCN(c4cnc(C(F)(F)F)cn4)C3)o2)c1. The number of aromatic nitrogens is 3. The van der Waals surface area contributed by atoms with Gasteiger partial charge >= 0.3 is 12.3 Å². The summed E-state index contributed by atoms with van der Waals surface area (Å²) in [6.07, 6.45) is 6.14. The topological polar surface area (TPSA) is 105 Å². The minimum absolute atomic E-state index is 0.216. The maximum Gasteiger partial charge on any atom is 0.434 e. The van der Waals surface area contributed by atoms with E-state index in [0.717, 1.165) is 63.4 Å². The van der Waals surface area contributed by atoms with Gasteiger partial charge in [-0.05, 0) is 56.1 Å². The molecule has 1 aromatic carbocycles. The Labute approximate surface area is 230 Å². The van der Waals surface area contributed by atoms with Gasteiger partial charge in [-0.15, -0.1) is 0 Å². The highest BCUT2D eigenvalue weighted by Gasteiger charge is 2.34. The third-order valence-corrected chi connectivity index (χ3v) is 7.71. The number of nitrogens with one attached hydrogen (secondary N) is 2. The van der Waals surface area contributed by atoms with E-state index in [1.807, 2.05) is 12.1 Å². The van der Waals surface area contributed by atoms with Gasteiger partial charge in [-0.1, -0.05) is 25.0 Å². The molecule has 3 atom stereocenters. The van der Waals surface area contributed by atoms with E-state index in [1.165, 1.54) is 19.7 Å². The van der Waals surface area contributed by atoms with Crippen molar-refractivity contribution in [3.8, 4) is 11.3 Å². The molecule has 40 heavy (non-hydrogen) atoms. The number of amides is 1. The maximum absolute atomic E-state index is 12.9. The van der Waals surface area contributed by atoms with E-state index in [1.54, 1.807) is 18.3 Å². The molecule has 0 radical (unpaired) electrons. The first-order valence-corrected chi connectivity index (χ1v) is 13.6. The molecule has 1 amide bonds. The molecule has 1 saturated carbocycles. The molecule has 0 unspecified atom stereocenters. The average molecular weight is 559 g/mol. The van der Waals surface area contributed by atoms with Crippen molar-refractivity contribution in [1.82, 2.24) is 15.0 Å². The molecule has 9 nitrogen and oxygen atoms in total. The zero-order chi connectivity index (χ0) is 28.1. The van der Waals surface area contributed by atoms with Gasteiger partial charge in [0.05, 0.1) is 25.7 Å². The van der Waals surface area contributed by atoms with Crippen molar-refractivity contribution in [3.63, 3.8) is 0 Å². The van der Waals surface area contributed by atoms with Gasteiger partial charge in [0, 0.05) is 30.4 Å². The van der Waals surface area contributed by atoms with Crippen molar-refractivity contribution in [3.05, 3.63) is 48.5 Å². The Bertz CT molecular complexity index is 1280. The number of methoxy groups -OCH3 is 1. The van der Waals surface area contributed by atoms with Crippen molar-refractivity contribution in [2.24, 2.45) is 11.8 Å². The lowest BCUT2D eigenvalue weighted by Crippen LogP contribution is -2.40. The normalized spacial score (nSPS) is 21.6. The summed E-state index contributed by atoms with van der Waals surface area (Å²) in [5.74, 6) is 1.92. The first-order valence-electron chi connectivity index (χ1n) is 13.6. The van der Waals surface area contributed by atoms with E-state index in [0.29, 0.717) is 35.1 Å². The Kier molecular flexibility index (Phi) is 8.41. The monoisotopic (exact) mass is 558 g/mol. The average Bonchev–Trinajstić information content (AvgIpc) is 3.42. The number of hydrogen-bond acceptors (Lipinski definition) is 8.